The van der Waals surface area contributed by atoms with E-state index >= 15 is 0 Å². The van der Waals surface area contributed by atoms with E-state index in [0.717, 1.165) is 68.2 Å². The molecule has 0 amide bonds. The lowest BCUT2D eigenvalue weighted by Gasteiger charge is -2.21. The average molecular weight is 704 g/mol. The van der Waals surface area contributed by atoms with Crippen molar-refractivity contribution in [1.29, 1.82) is 0 Å². The SMILES string of the molecule is C1=Cc2c(c(-c3ccccc3-c3nc(-c4cccc(-c5ccccc5)c4)nc(-c4cccc5oc6ccccc6c45)n3)cc3c2ccc2ccccc23)CC1. The molecule has 0 saturated heterocycles. The predicted molar refractivity (Wildman–Crippen MR) is 227 cm³/mol. The van der Waals surface area contributed by atoms with Gasteiger partial charge in [-0.15, -0.1) is 0 Å². The Morgan fingerprint density at radius 3 is 2.00 bits per heavy atom. The molecule has 0 bridgehead atoms. The molecule has 55 heavy (non-hydrogen) atoms. The van der Waals surface area contributed by atoms with Crippen molar-refractivity contribution >= 4 is 49.6 Å². The highest BCUT2D eigenvalue weighted by Gasteiger charge is 2.22. The van der Waals surface area contributed by atoms with Crippen molar-refractivity contribution in [2.45, 2.75) is 12.8 Å². The number of hydrogen-bond acceptors (Lipinski definition) is 4. The average Bonchev–Trinajstić information content (AvgIpc) is 3.65. The summed E-state index contributed by atoms with van der Waals surface area (Å²) in [4.78, 5) is 15.9. The van der Waals surface area contributed by atoms with Crippen LogP contribution in [0.25, 0.3) is 106 Å². The van der Waals surface area contributed by atoms with Crippen LogP contribution >= 0.6 is 0 Å². The molecule has 0 N–H and O–H groups in total. The second kappa shape index (κ2) is 12.8. The minimum atomic E-state index is 0.603. The van der Waals surface area contributed by atoms with Crippen LogP contribution in [0.5, 0.6) is 0 Å². The summed E-state index contributed by atoms with van der Waals surface area (Å²) in [6, 6.07) is 57.4. The Morgan fingerprint density at radius 2 is 1.09 bits per heavy atom. The van der Waals surface area contributed by atoms with Crippen molar-refractivity contribution in [3.8, 4) is 56.4 Å². The van der Waals surface area contributed by atoms with Crippen LogP contribution in [0.2, 0.25) is 0 Å². The molecule has 0 spiro atoms. The fourth-order valence-corrected chi connectivity index (χ4v) is 8.44. The second-order valence-electron chi connectivity index (χ2n) is 14.2. The van der Waals surface area contributed by atoms with E-state index < -0.39 is 0 Å². The molecule has 4 heteroatoms. The van der Waals surface area contributed by atoms with E-state index in [9.17, 15) is 0 Å². The Bertz CT molecular complexity index is 3160. The van der Waals surface area contributed by atoms with Crippen LogP contribution in [0.4, 0.5) is 0 Å². The van der Waals surface area contributed by atoms with Gasteiger partial charge in [0, 0.05) is 27.5 Å². The number of hydrogen-bond donors (Lipinski definition) is 0. The van der Waals surface area contributed by atoms with Gasteiger partial charge in [-0.25, -0.2) is 15.0 Å². The van der Waals surface area contributed by atoms with Crippen molar-refractivity contribution in [3.63, 3.8) is 0 Å². The highest BCUT2D eigenvalue weighted by molar-refractivity contribution is 6.13. The van der Waals surface area contributed by atoms with Crippen molar-refractivity contribution < 1.29 is 4.42 Å². The van der Waals surface area contributed by atoms with Crippen LogP contribution in [-0.2, 0) is 6.42 Å². The monoisotopic (exact) mass is 703 g/mol. The van der Waals surface area contributed by atoms with Crippen LogP contribution in [0.3, 0.4) is 0 Å². The maximum Gasteiger partial charge on any atom is 0.164 e. The first-order valence-electron chi connectivity index (χ1n) is 18.8. The normalized spacial score (nSPS) is 12.5. The zero-order valence-electron chi connectivity index (χ0n) is 29.9. The van der Waals surface area contributed by atoms with Gasteiger partial charge in [-0.05, 0) is 92.0 Å². The van der Waals surface area contributed by atoms with E-state index in [1.165, 1.54) is 38.2 Å². The van der Waals surface area contributed by atoms with E-state index in [-0.39, 0.29) is 0 Å². The van der Waals surface area contributed by atoms with Gasteiger partial charge in [-0.1, -0.05) is 152 Å². The minimum Gasteiger partial charge on any atom is -0.456 e. The standard InChI is InChI=1S/C51H33N3O/c1-2-14-32(15-3-1)34-17-12-18-35(30-34)49-52-50(54-51(53-49)43-25-13-27-47-48(43)42-24-10-11-26-46(42)55-47)41-23-9-8-22-39(41)45-31-44-36-19-5-4-16-33(36)28-29-40(44)37-20-6-7-21-38(37)45/h1-6,8-20,22-31H,7,21H2. The van der Waals surface area contributed by atoms with Crippen molar-refractivity contribution in [1.82, 2.24) is 15.0 Å². The Balaban J connectivity index is 1.18. The quantitative estimate of drug-likeness (QED) is 0.167. The smallest absolute Gasteiger partial charge is 0.164 e. The first-order valence-corrected chi connectivity index (χ1v) is 18.8. The van der Waals surface area contributed by atoms with Gasteiger partial charge in [0.05, 0.1) is 0 Å². The molecule has 2 heterocycles. The molecule has 4 nitrogen and oxygen atoms in total. The first-order chi connectivity index (χ1) is 27.3. The summed E-state index contributed by atoms with van der Waals surface area (Å²) in [5.74, 6) is 1.85. The molecule has 2 aromatic heterocycles. The Morgan fingerprint density at radius 1 is 0.418 bits per heavy atom. The molecule has 0 atom stereocenters. The van der Waals surface area contributed by atoms with Crippen molar-refractivity contribution in [2.75, 3.05) is 0 Å². The highest BCUT2D eigenvalue weighted by atomic mass is 16.3. The van der Waals surface area contributed by atoms with Crippen molar-refractivity contribution in [3.05, 3.63) is 181 Å². The van der Waals surface area contributed by atoms with Crippen LogP contribution in [0, 0.1) is 0 Å². The van der Waals surface area contributed by atoms with E-state index in [4.69, 9.17) is 19.4 Å². The molecule has 11 rings (SSSR count). The number of benzene rings is 8. The number of nitrogens with zero attached hydrogens (tertiary/aromatic N) is 3. The third-order valence-corrected chi connectivity index (χ3v) is 11.0. The summed E-state index contributed by atoms with van der Waals surface area (Å²) in [5, 5.41) is 7.06. The Kier molecular flexibility index (Phi) is 7.27. The molecule has 0 radical (unpaired) electrons. The number of furan rings is 1. The lowest BCUT2D eigenvalue weighted by molar-refractivity contribution is 0.669. The molecule has 10 aromatic rings. The summed E-state index contributed by atoms with van der Waals surface area (Å²) in [5.41, 5.74) is 11.7. The third-order valence-electron chi connectivity index (χ3n) is 11.0. The van der Waals surface area contributed by atoms with Crippen LogP contribution in [-0.4, -0.2) is 15.0 Å². The van der Waals surface area contributed by atoms with E-state index in [2.05, 4.69) is 140 Å². The Hall–Kier alpha value is -7.17. The van der Waals surface area contributed by atoms with Crippen molar-refractivity contribution in [2.24, 2.45) is 0 Å². The summed E-state index contributed by atoms with van der Waals surface area (Å²) in [6.45, 7) is 0. The molecular weight excluding hydrogens is 671 g/mol. The van der Waals surface area contributed by atoms with Crippen LogP contribution in [0.1, 0.15) is 17.5 Å². The van der Waals surface area contributed by atoms with Gasteiger partial charge < -0.3 is 4.42 Å². The highest BCUT2D eigenvalue weighted by Crippen LogP contribution is 2.43. The molecule has 0 fully saturated rings. The topological polar surface area (TPSA) is 51.8 Å². The molecule has 1 aliphatic rings. The molecule has 0 saturated carbocycles. The summed E-state index contributed by atoms with van der Waals surface area (Å²) >= 11 is 0. The maximum atomic E-state index is 6.33. The first kappa shape index (κ1) is 31.4. The lowest BCUT2D eigenvalue weighted by Crippen LogP contribution is -2.03. The molecule has 0 unspecified atom stereocenters. The number of aromatic nitrogens is 3. The van der Waals surface area contributed by atoms with Crippen LogP contribution < -0.4 is 0 Å². The number of allylic oxidation sites excluding steroid dienone is 1. The summed E-state index contributed by atoms with van der Waals surface area (Å²) in [6.07, 6.45) is 6.59. The van der Waals surface area contributed by atoms with E-state index in [0.29, 0.717) is 17.5 Å². The van der Waals surface area contributed by atoms with E-state index in [1.807, 2.05) is 36.4 Å². The van der Waals surface area contributed by atoms with Gasteiger partial charge in [0.25, 0.3) is 0 Å². The largest absolute Gasteiger partial charge is 0.456 e. The predicted octanol–water partition coefficient (Wildman–Crippen LogP) is 13.4. The second-order valence-corrected chi connectivity index (χ2v) is 14.2. The third kappa shape index (κ3) is 5.25. The van der Waals surface area contributed by atoms with Gasteiger partial charge >= 0.3 is 0 Å². The van der Waals surface area contributed by atoms with Gasteiger partial charge in [0.2, 0.25) is 0 Å². The fraction of sp³-hybridized carbons (Fsp3) is 0.0392. The molecular formula is C51H33N3O. The zero-order valence-corrected chi connectivity index (χ0v) is 29.9. The number of para-hydroxylation sites is 1. The van der Waals surface area contributed by atoms with Gasteiger partial charge in [0.15, 0.2) is 17.5 Å². The van der Waals surface area contributed by atoms with Gasteiger partial charge in [0.1, 0.15) is 11.2 Å². The molecule has 0 aliphatic heterocycles. The van der Waals surface area contributed by atoms with E-state index in [1.54, 1.807) is 0 Å². The number of rotatable bonds is 5. The summed E-state index contributed by atoms with van der Waals surface area (Å²) in [7, 11) is 0. The van der Waals surface area contributed by atoms with Gasteiger partial charge in [-0.3, -0.25) is 0 Å². The maximum absolute atomic E-state index is 6.33. The minimum absolute atomic E-state index is 0.603. The number of fused-ring (bicyclic) bond motifs is 8. The Labute approximate surface area is 318 Å². The van der Waals surface area contributed by atoms with Gasteiger partial charge in [-0.2, -0.15) is 0 Å². The fourth-order valence-electron chi connectivity index (χ4n) is 8.44. The lowest BCUT2D eigenvalue weighted by atomic mass is 9.83. The van der Waals surface area contributed by atoms with Crippen LogP contribution in [0.15, 0.2) is 174 Å². The zero-order chi connectivity index (χ0) is 36.3. The molecule has 258 valence electrons. The molecule has 8 aromatic carbocycles. The molecule has 1 aliphatic carbocycles. The summed E-state index contributed by atoms with van der Waals surface area (Å²) < 4.78 is 6.33.